The molecule has 0 bridgehead atoms. The quantitative estimate of drug-likeness (QED) is 0.473. The Hall–Kier alpha value is -0.300. The van der Waals surface area contributed by atoms with Crippen LogP contribution in [0.15, 0.2) is 18.2 Å². The number of hydrogen-bond acceptors (Lipinski definition) is 0. The van der Waals surface area contributed by atoms with E-state index in [0.717, 1.165) is 5.92 Å². The molecule has 0 radical (unpaired) electrons. The van der Waals surface area contributed by atoms with Gasteiger partial charge in [0.1, 0.15) is 0 Å². The van der Waals surface area contributed by atoms with Crippen LogP contribution in [0.25, 0.3) is 0 Å². The van der Waals surface area contributed by atoms with Gasteiger partial charge in [-0.25, -0.2) is 0 Å². The average molecular weight is 323 g/mol. The lowest BCUT2D eigenvalue weighted by Crippen LogP contribution is -2.10. The zero-order chi connectivity index (χ0) is 13.7. The maximum atomic E-state index is 3.92. The normalized spacial score (nSPS) is 19.1. The fourth-order valence-corrected chi connectivity index (χ4v) is 4.13. The summed E-state index contributed by atoms with van der Waals surface area (Å²) in [5.74, 6) is 0.957. The Kier molecular flexibility index (Phi) is 5.94. The van der Waals surface area contributed by atoms with E-state index in [2.05, 4.69) is 48.0 Å². The number of alkyl halides is 1. The largest absolute Gasteiger partial charge is 0.0887 e. The highest BCUT2D eigenvalue weighted by molar-refractivity contribution is 9.09. The highest BCUT2D eigenvalue weighted by atomic mass is 79.9. The second-order valence-corrected chi connectivity index (χ2v) is 7.61. The van der Waals surface area contributed by atoms with Crippen LogP contribution < -0.4 is 0 Å². The van der Waals surface area contributed by atoms with Crippen LogP contribution in [0.5, 0.6) is 0 Å². The van der Waals surface area contributed by atoms with E-state index < -0.39 is 0 Å². The van der Waals surface area contributed by atoms with Crippen molar-refractivity contribution in [1.29, 1.82) is 0 Å². The van der Waals surface area contributed by atoms with Crippen LogP contribution in [0.4, 0.5) is 0 Å². The van der Waals surface area contributed by atoms with Crippen LogP contribution in [0, 0.1) is 19.8 Å². The molecule has 106 valence electrons. The summed E-state index contributed by atoms with van der Waals surface area (Å²) in [5.41, 5.74) is 4.31. The van der Waals surface area contributed by atoms with Crippen molar-refractivity contribution in [3.05, 3.63) is 34.9 Å². The maximum absolute atomic E-state index is 3.92. The third-order valence-electron chi connectivity index (χ3n) is 4.59. The smallest absolute Gasteiger partial charge is 0.0188 e. The Morgan fingerprint density at radius 3 is 2.37 bits per heavy atom. The average Bonchev–Trinajstić information content (AvgIpc) is 2.62. The van der Waals surface area contributed by atoms with Crippen molar-refractivity contribution in [1.82, 2.24) is 0 Å². The van der Waals surface area contributed by atoms with Gasteiger partial charge in [0.05, 0.1) is 0 Å². The van der Waals surface area contributed by atoms with Crippen molar-refractivity contribution >= 4 is 15.9 Å². The zero-order valence-electron chi connectivity index (χ0n) is 12.4. The molecule has 0 N–H and O–H groups in total. The van der Waals surface area contributed by atoms with Crippen molar-refractivity contribution in [3.63, 3.8) is 0 Å². The lowest BCUT2D eigenvalue weighted by Gasteiger charge is -2.18. The zero-order valence-corrected chi connectivity index (χ0v) is 14.0. The van der Waals surface area contributed by atoms with Gasteiger partial charge in [0.2, 0.25) is 0 Å². The van der Waals surface area contributed by atoms with E-state index in [4.69, 9.17) is 0 Å². The maximum Gasteiger partial charge on any atom is 0.0188 e. The number of halogens is 1. The van der Waals surface area contributed by atoms with E-state index in [-0.39, 0.29) is 0 Å². The van der Waals surface area contributed by atoms with Gasteiger partial charge in [-0.05, 0) is 49.3 Å². The summed E-state index contributed by atoms with van der Waals surface area (Å²) in [6.07, 6.45) is 11.3. The van der Waals surface area contributed by atoms with Crippen LogP contribution in [-0.4, -0.2) is 4.83 Å². The molecule has 0 spiro atoms. The summed E-state index contributed by atoms with van der Waals surface area (Å²) in [6.45, 7) is 4.41. The molecule has 1 heteroatoms. The van der Waals surface area contributed by atoms with Crippen LogP contribution >= 0.6 is 15.9 Å². The second-order valence-electron chi connectivity index (χ2n) is 6.31. The number of benzene rings is 1. The second kappa shape index (κ2) is 7.47. The van der Waals surface area contributed by atoms with Crippen LogP contribution in [0.1, 0.15) is 61.6 Å². The molecule has 1 aromatic carbocycles. The summed E-state index contributed by atoms with van der Waals surface area (Å²) >= 11 is 3.92. The molecule has 0 nitrogen and oxygen atoms in total. The molecule has 1 saturated carbocycles. The van der Waals surface area contributed by atoms with E-state index >= 15 is 0 Å². The molecule has 19 heavy (non-hydrogen) atoms. The fraction of sp³-hybridized carbons (Fsp3) is 0.667. The van der Waals surface area contributed by atoms with Crippen LogP contribution in [0.2, 0.25) is 0 Å². The molecule has 1 fully saturated rings. The standard InChI is InChI=1S/C18H27Br/c1-14-9-10-17(11-15(14)2)13-18(19)12-16-7-5-3-4-6-8-16/h9-11,16,18H,3-8,12-13H2,1-2H3. The number of aryl methyl sites for hydroxylation is 2. The molecule has 1 aromatic rings. The first-order valence-corrected chi connectivity index (χ1v) is 8.77. The molecular weight excluding hydrogens is 296 g/mol. The van der Waals surface area contributed by atoms with Crippen molar-refractivity contribution in [3.8, 4) is 0 Å². The van der Waals surface area contributed by atoms with E-state index in [1.54, 1.807) is 0 Å². The lowest BCUT2D eigenvalue weighted by atomic mass is 9.92. The van der Waals surface area contributed by atoms with Gasteiger partial charge in [0, 0.05) is 4.83 Å². The number of rotatable bonds is 4. The van der Waals surface area contributed by atoms with E-state index in [0.29, 0.717) is 4.83 Å². The molecule has 0 heterocycles. The highest BCUT2D eigenvalue weighted by Gasteiger charge is 2.16. The van der Waals surface area contributed by atoms with Gasteiger partial charge in [-0.1, -0.05) is 72.7 Å². The third-order valence-corrected chi connectivity index (χ3v) is 5.29. The summed E-state index contributed by atoms with van der Waals surface area (Å²) < 4.78 is 0. The Labute approximate surface area is 127 Å². The number of hydrogen-bond donors (Lipinski definition) is 0. The summed E-state index contributed by atoms with van der Waals surface area (Å²) in [6, 6.07) is 6.91. The predicted molar refractivity (Wildman–Crippen MR) is 88.1 cm³/mol. The molecule has 0 amide bonds. The van der Waals surface area contributed by atoms with Gasteiger partial charge in [0.15, 0.2) is 0 Å². The fourth-order valence-electron chi connectivity index (χ4n) is 3.23. The molecule has 2 rings (SSSR count). The third kappa shape index (κ3) is 4.95. The van der Waals surface area contributed by atoms with Crippen molar-refractivity contribution in [2.45, 2.75) is 70.0 Å². The predicted octanol–water partition coefficient (Wildman–Crippen LogP) is 5.97. The first-order chi connectivity index (χ1) is 9.15. The summed E-state index contributed by atoms with van der Waals surface area (Å²) in [7, 11) is 0. The SMILES string of the molecule is Cc1ccc(CC(Br)CC2CCCCCC2)cc1C. The van der Waals surface area contributed by atoms with E-state index in [1.165, 1.54) is 68.1 Å². The minimum atomic E-state index is 0.651. The Morgan fingerprint density at radius 1 is 1.05 bits per heavy atom. The summed E-state index contributed by atoms with van der Waals surface area (Å²) in [4.78, 5) is 0.651. The molecule has 0 aromatic heterocycles. The minimum absolute atomic E-state index is 0.651. The van der Waals surface area contributed by atoms with Gasteiger partial charge < -0.3 is 0 Å². The first-order valence-electron chi connectivity index (χ1n) is 7.85. The van der Waals surface area contributed by atoms with Crippen LogP contribution in [0.3, 0.4) is 0 Å². The first kappa shape index (κ1) is 15.1. The topological polar surface area (TPSA) is 0 Å². The monoisotopic (exact) mass is 322 g/mol. The molecule has 1 unspecified atom stereocenters. The molecule has 0 saturated heterocycles. The minimum Gasteiger partial charge on any atom is -0.0887 e. The van der Waals surface area contributed by atoms with E-state index in [9.17, 15) is 0 Å². The van der Waals surface area contributed by atoms with Crippen LogP contribution in [-0.2, 0) is 6.42 Å². The van der Waals surface area contributed by atoms with Crippen molar-refractivity contribution in [2.75, 3.05) is 0 Å². The van der Waals surface area contributed by atoms with Gasteiger partial charge >= 0.3 is 0 Å². The Balaban J connectivity index is 1.85. The molecule has 1 aliphatic rings. The van der Waals surface area contributed by atoms with Gasteiger partial charge in [-0.3, -0.25) is 0 Å². The van der Waals surface area contributed by atoms with Crippen molar-refractivity contribution in [2.24, 2.45) is 5.92 Å². The molecule has 1 aliphatic carbocycles. The Bertz CT molecular complexity index is 389. The Morgan fingerprint density at radius 2 is 1.74 bits per heavy atom. The summed E-state index contributed by atoms with van der Waals surface area (Å²) in [5, 5.41) is 0. The lowest BCUT2D eigenvalue weighted by molar-refractivity contribution is 0.423. The molecule has 0 aliphatic heterocycles. The van der Waals surface area contributed by atoms with Gasteiger partial charge in [-0.15, -0.1) is 0 Å². The van der Waals surface area contributed by atoms with Crippen molar-refractivity contribution < 1.29 is 0 Å². The van der Waals surface area contributed by atoms with E-state index in [1.807, 2.05) is 0 Å². The van der Waals surface area contributed by atoms with Gasteiger partial charge in [0.25, 0.3) is 0 Å². The highest BCUT2D eigenvalue weighted by Crippen LogP contribution is 2.29. The van der Waals surface area contributed by atoms with Gasteiger partial charge in [-0.2, -0.15) is 0 Å². The molecule has 1 atom stereocenters. The molecular formula is C18H27Br.